The molecule has 4 heteroatoms. The van der Waals surface area contributed by atoms with E-state index in [1.54, 1.807) is 0 Å². The Labute approximate surface area is 103 Å². The lowest BCUT2D eigenvalue weighted by Crippen LogP contribution is -2.25. The van der Waals surface area contributed by atoms with Crippen molar-refractivity contribution in [2.24, 2.45) is 11.8 Å². The van der Waals surface area contributed by atoms with E-state index in [-0.39, 0.29) is 25.1 Å². The minimum atomic E-state index is -0.429. The van der Waals surface area contributed by atoms with E-state index >= 15 is 0 Å². The molecule has 4 nitrogen and oxygen atoms in total. The summed E-state index contributed by atoms with van der Waals surface area (Å²) >= 11 is 0. The third kappa shape index (κ3) is 5.50. The fourth-order valence-corrected chi connectivity index (χ4v) is 1.90. The first-order valence-corrected chi connectivity index (χ1v) is 6.28. The number of carbonyl (C=O) groups excluding carboxylic acids is 1. The van der Waals surface area contributed by atoms with E-state index in [4.69, 9.17) is 14.6 Å². The molecule has 1 fully saturated rings. The van der Waals surface area contributed by atoms with Gasteiger partial charge in [-0.25, -0.2) is 0 Å². The van der Waals surface area contributed by atoms with Crippen molar-refractivity contribution in [2.45, 2.75) is 52.2 Å². The van der Waals surface area contributed by atoms with Crippen LogP contribution in [0.4, 0.5) is 0 Å². The van der Waals surface area contributed by atoms with Crippen molar-refractivity contribution < 1.29 is 19.4 Å². The predicted octanol–water partition coefficient (Wildman–Crippen LogP) is 1.75. The summed E-state index contributed by atoms with van der Waals surface area (Å²) < 4.78 is 10.8. The molecule has 0 spiro atoms. The molecule has 0 aromatic rings. The van der Waals surface area contributed by atoms with Gasteiger partial charge in [0.2, 0.25) is 0 Å². The van der Waals surface area contributed by atoms with E-state index in [2.05, 4.69) is 0 Å². The van der Waals surface area contributed by atoms with Crippen LogP contribution < -0.4 is 0 Å². The summed E-state index contributed by atoms with van der Waals surface area (Å²) in [7, 11) is 0. The second kappa shape index (κ2) is 5.83. The number of hydrogen-bond donors (Lipinski definition) is 1. The minimum absolute atomic E-state index is 0.120. The summed E-state index contributed by atoms with van der Waals surface area (Å²) in [6.07, 6.45) is 1.44. The number of aliphatic hydroxyl groups excluding tert-OH is 1. The Morgan fingerprint density at radius 1 is 1.47 bits per heavy atom. The van der Waals surface area contributed by atoms with E-state index in [1.807, 2.05) is 27.7 Å². The SMILES string of the molecule is C[C@@H](OCCC(=O)OC(C)(C)C)[C@H]1C[C@@H]1CO. The molecule has 1 saturated carbocycles. The van der Waals surface area contributed by atoms with Gasteiger partial charge in [-0.05, 0) is 46.0 Å². The second-order valence-electron chi connectivity index (χ2n) is 5.75. The zero-order valence-electron chi connectivity index (χ0n) is 11.2. The highest BCUT2D eigenvalue weighted by atomic mass is 16.6. The van der Waals surface area contributed by atoms with Crippen LogP contribution in [0, 0.1) is 11.8 Å². The first kappa shape index (κ1) is 14.5. The molecule has 3 atom stereocenters. The van der Waals surface area contributed by atoms with Gasteiger partial charge in [0.05, 0.1) is 19.1 Å². The van der Waals surface area contributed by atoms with E-state index in [9.17, 15) is 4.79 Å². The van der Waals surface area contributed by atoms with Gasteiger partial charge in [-0.3, -0.25) is 4.79 Å². The number of ether oxygens (including phenoxy) is 2. The fraction of sp³-hybridized carbons (Fsp3) is 0.923. The van der Waals surface area contributed by atoms with Gasteiger partial charge in [-0.2, -0.15) is 0 Å². The summed E-state index contributed by atoms with van der Waals surface area (Å²) in [5.74, 6) is 0.629. The van der Waals surface area contributed by atoms with Gasteiger partial charge in [0.25, 0.3) is 0 Å². The molecule has 0 bridgehead atoms. The Balaban J connectivity index is 2.09. The average Bonchev–Trinajstić information content (AvgIpc) is 2.93. The predicted molar refractivity (Wildman–Crippen MR) is 64.6 cm³/mol. The highest BCUT2D eigenvalue weighted by molar-refractivity contribution is 5.69. The van der Waals surface area contributed by atoms with Crippen molar-refractivity contribution in [1.82, 2.24) is 0 Å². The van der Waals surface area contributed by atoms with Crippen LogP contribution in [0.3, 0.4) is 0 Å². The van der Waals surface area contributed by atoms with E-state index in [0.29, 0.717) is 18.4 Å². The van der Waals surface area contributed by atoms with Crippen LogP contribution in [0.25, 0.3) is 0 Å². The van der Waals surface area contributed by atoms with Crippen molar-refractivity contribution in [3.8, 4) is 0 Å². The van der Waals surface area contributed by atoms with Crippen LogP contribution in [0.1, 0.15) is 40.5 Å². The topological polar surface area (TPSA) is 55.8 Å². The second-order valence-corrected chi connectivity index (χ2v) is 5.75. The molecule has 100 valence electrons. The van der Waals surface area contributed by atoms with Gasteiger partial charge in [-0.15, -0.1) is 0 Å². The van der Waals surface area contributed by atoms with E-state index in [1.165, 1.54) is 0 Å². The molecular formula is C13H24O4. The summed E-state index contributed by atoms with van der Waals surface area (Å²) in [5, 5.41) is 8.94. The van der Waals surface area contributed by atoms with Crippen LogP contribution in [0.15, 0.2) is 0 Å². The van der Waals surface area contributed by atoms with Gasteiger partial charge in [-0.1, -0.05) is 0 Å². The monoisotopic (exact) mass is 244 g/mol. The number of hydrogen-bond acceptors (Lipinski definition) is 4. The Hall–Kier alpha value is -0.610. The zero-order chi connectivity index (χ0) is 13.1. The number of esters is 1. The van der Waals surface area contributed by atoms with Crippen molar-refractivity contribution in [3.63, 3.8) is 0 Å². The van der Waals surface area contributed by atoms with Crippen molar-refractivity contribution in [2.75, 3.05) is 13.2 Å². The molecule has 0 aromatic carbocycles. The van der Waals surface area contributed by atoms with Crippen LogP contribution in [-0.2, 0) is 14.3 Å². The van der Waals surface area contributed by atoms with E-state index < -0.39 is 5.60 Å². The molecule has 0 aliphatic heterocycles. The maximum atomic E-state index is 11.4. The first-order valence-electron chi connectivity index (χ1n) is 6.28. The summed E-state index contributed by atoms with van der Waals surface area (Å²) in [4.78, 5) is 11.4. The largest absolute Gasteiger partial charge is 0.460 e. The molecule has 0 aromatic heterocycles. The lowest BCUT2D eigenvalue weighted by molar-refractivity contribution is -0.156. The highest BCUT2D eigenvalue weighted by Gasteiger charge is 2.40. The van der Waals surface area contributed by atoms with Crippen molar-refractivity contribution in [3.05, 3.63) is 0 Å². The Kier molecular flexibility index (Phi) is 4.95. The average molecular weight is 244 g/mol. The maximum absolute atomic E-state index is 11.4. The van der Waals surface area contributed by atoms with Gasteiger partial charge in [0.1, 0.15) is 5.60 Å². The molecular weight excluding hydrogens is 220 g/mol. The molecule has 17 heavy (non-hydrogen) atoms. The molecule has 1 N–H and O–H groups in total. The quantitative estimate of drug-likeness (QED) is 0.723. The fourth-order valence-electron chi connectivity index (χ4n) is 1.90. The summed E-state index contributed by atoms with van der Waals surface area (Å²) in [6.45, 7) is 8.18. The lowest BCUT2D eigenvalue weighted by atomic mass is 10.2. The Bertz CT molecular complexity index is 257. The highest BCUT2D eigenvalue weighted by Crippen LogP contribution is 2.41. The number of carbonyl (C=O) groups is 1. The molecule has 0 heterocycles. The number of aliphatic hydroxyl groups is 1. The molecule has 0 radical (unpaired) electrons. The third-order valence-corrected chi connectivity index (χ3v) is 2.92. The van der Waals surface area contributed by atoms with Gasteiger partial charge < -0.3 is 14.6 Å². The standard InChI is InChI=1S/C13H24O4/c1-9(11-7-10(11)8-14)16-6-5-12(15)17-13(2,3)4/h9-11,14H,5-8H2,1-4H3/t9-,10-,11-/m1/s1. The molecule has 1 rings (SSSR count). The summed E-state index contributed by atoms with van der Waals surface area (Å²) in [5.41, 5.74) is -0.429. The molecule has 1 aliphatic rings. The lowest BCUT2D eigenvalue weighted by Gasteiger charge is -2.20. The minimum Gasteiger partial charge on any atom is -0.460 e. The Morgan fingerprint density at radius 2 is 2.12 bits per heavy atom. The summed E-state index contributed by atoms with van der Waals surface area (Å²) in [6, 6.07) is 0. The van der Waals surface area contributed by atoms with E-state index in [0.717, 1.165) is 6.42 Å². The Morgan fingerprint density at radius 3 is 2.59 bits per heavy atom. The third-order valence-electron chi connectivity index (χ3n) is 2.92. The smallest absolute Gasteiger partial charge is 0.308 e. The van der Waals surface area contributed by atoms with Crippen molar-refractivity contribution >= 4 is 5.97 Å². The molecule has 0 amide bonds. The van der Waals surface area contributed by atoms with Crippen LogP contribution in [0.5, 0.6) is 0 Å². The van der Waals surface area contributed by atoms with Crippen LogP contribution >= 0.6 is 0 Å². The van der Waals surface area contributed by atoms with Gasteiger partial charge >= 0.3 is 5.97 Å². The maximum Gasteiger partial charge on any atom is 0.308 e. The normalized spacial score (nSPS) is 25.5. The van der Waals surface area contributed by atoms with Crippen molar-refractivity contribution in [1.29, 1.82) is 0 Å². The van der Waals surface area contributed by atoms with Gasteiger partial charge in [0.15, 0.2) is 0 Å². The van der Waals surface area contributed by atoms with Crippen LogP contribution in [0.2, 0.25) is 0 Å². The molecule has 0 saturated heterocycles. The zero-order valence-corrected chi connectivity index (χ0v) is 11.2. The molecule has 0 unspecified atom stereocenters. The van der Waals surface area contributed by atoms with Crippen LogP contribution in [-0.4, -0.2) is 36.0 Å². The van der Waals surface area contributed by atoms with Gasteiger partial charge in [0, 0.05) is 6.61 Å². The number of rotatable bonds is 6. The molecule has 1 aliphatic carbocycles. The first-order chi connectivity index (χ1) is 7.83.